The molecule has 1 saturated heterocycles. The molecule has 0 spiro atoms. The Balaban J connectivity index is 2.10. The number of aromatic nitrogens is 1. The van der Waals surface area contributed by atoms with Gasteiger partial charge in [-0.3, -0.25) is 0 Å². The zero-order valence-electron chi connectivity index (χ0n) is 11.7. The maximum Gasteiger partial charge on any atom is 0.131 e. The number of rotatable bonds is 3. The Bertz CT molecular complexity index is 395. The van der Waals surface area contributed by atoms with Crippen molar-refractivity contribution in [3.05, 3.63) is 23.4 Å². The number of nitrogens with zero attached hydrogens (tertiary/aromatic N) is 3. The first-order valence-electron chi connectivity index (χ1n) is 6.81. The van der Waals surface area contributed by atoms with E-state index in [9.17, 15) is 0 Å². The number of pyridine rings is 1. The lowest BCUT2D eigenvalue weighted by Crippen LogP contribution is -2.46. The van der Waals surface area contributed by atoms with E-state index in [0.717, 1.165) is 44.1 Å². The van der Waals surface area contributed by atoms with Gasteiger partial charge in [0.1, 0.15) is 5.82 Å². The molecule has 1 fully saturated rings. The number of likely N-dealkylation sites (N-methyl/N-ethyl adjacent to an activating group) is 1. The summed E-state index contributed by atoms with van der Waals surface area (Å²) in [5.41, 5.74) is 8.23. The summed E-state index contributed by atoms with van der Waals surface area (Å²) in [5.74, 6) is 1.12. The van der Waals surface area contributed by atoms with Crippen molar-refractivity contribution in [2.75, 3.05) is 37.6 Å². The summed E-state index contributed by atoms with van der Waals surface area (Å²) in [4.78, 5) is 9.46. The zero-order chi connectivity index (χ0) is 13.1. The van der Waals surface area contributed by atoms with Crippen LogP contribution in [0.5, 0.6) is 0 Å². The van der Waals surface area contributed by atoms with Gasteiger partial charge in [-0.2, -0.15) is 0 Å². The average Bonchev–Trinajstić information content (AvgIpc) is 2.38. The van der Waals surface area contributed by atoms with Crippen molar-refractivity contribution in [2.45, 2.75) is 26.8 Å². The van der Waals surface area contributed by atoms with E-state index in [1.807, 2.05) is 13.1 Å². The van der Waals surface area contributed by atoms with Gasteiger partial charge in [0.05, 0.1) is 0 Å². The van der Waals surface area contributed by atoms with E-state index in [2.05, 4.69) is 34.7 Å². The smallest absolute Gasteiger partial charge is 0.131 e. The van der Waals surface area contributed by atoms with Crippen molar-refractivity contribution in [1.82, 2.24) is 9.88 Å². The van der Waals surface area contributed by atoms with Crippen LogP contribution >= 0.6 is 0 Å². The van der Waals surface area contributed by atoms with Gasteiger partial charge >= 0.3 is 0 Å². The number of piperazine rings is 1. The Morgan fingerprint density at radius 3 is 2.50 bits per heavy atom. The largest absolute Gasteiger partial charge is 0.354 e. The second-order valence-electron chi connectivity index (χ2n) is 5.12. The van der Waals surface area contributed by atoms with Crippen LogP contribution in [-0.2, 0) is 0 Å². The van der Waals surface area contributed by atoms with Crippen LogP contribution in [0.3, 0.4) is 0 Å². The fraction of sp³-hybridized carbons (Fsp3) is 0.643. The van der Waals surface area contributed by atoms with Crippen LogP contribution in [0.1, 0.15) is 31.0 Å². The normalized spacial score (nSPS) is 19.0. The van der Waals surface area contributed by atoms with Gasteiger partial charge in [0.15, 0.2) is 0 Å². The van der Waals surface area contributed by atoms with Gasteiger partial charge in [-0.1, -0.05) is 6.92 Å². The third-order valence-corrected chi connectivity index (χ3v) is 3.72. The van der Waals surface area contributed by atoms with Gasteiger partial charge in [-0.15, -0.1) is 0 Å². The molecule has 2 heterocycles. The molecule has 100 valence electrons. The van der Waals surface area contributed by atoms with Crippen LogP contribution in [0.4, 0.5) is 5.82 Å². The molecular formula is C14H24N4. The Kier molecular flexibility index (Phi) is 4.19. The molecule has 0 aliphatic carbocycles. The standard InChI is InChI=1S/C14H24N4/c1-4-17-5-7-18(8-6-17)14-11(2)9-13(10-16-14)12(3)15/h9-10,12H,4-8,15H2,1-3H3. The van der Waals surface area contributed by atoms with Crippen molar-refractivity contribution in [1.29, 1.82) is 0 Å². The van der Waals surface area contributed by atoms with Crippen LogP contribution in [0.15, 0.2) is 12.3 Å². The first-order valence-corrected chi connectivity index (χ1v) is 6.81. The van der Waals surface area contributed by atoms with E-state index >= 15 is 0 Å². The first kappa shape index (κ1) is 13.3. The van der Waals surface area contributed by atoms with Crippen LogP contribution in [0, 0.1) is 6.92 Å². The minimum atomic E-state index is 0.0576. The Morgan fingerprint density at radius 1 is 1.33 bits per heavy atom. The van der Waals surface area contributed by atoms with Gasteiger partial charge < -0.3 is 15.5 Å². The quantitative estimate of drug-likeness (QED) is 0.881. The average molecular weight is 248 g/mol. The number of nitrogens with two attached hydrogens (primary N) is 1. The number of anilines is 1. The van der Waals surface area contributed by atoms with E-state index < -0.39 is 0 Å². The van der Waals surface area contributed by atoms with Crippen molar-refractivity contribution in [3.63, 3.8) is 0 Å². The highest BCUT2D eigenvalue weighted by Crippen LogP contribution is 2.21. The zero-order valence-corrected chi connectivity index (χ0v) is 11.7. The summed E-state index contributed by atoms with van der Waals surface area (Å²) in [5, 5.41) is 0. The summed E-state index contributed by atoms with van der Waals surface area (Å²) >= 11 is 0. The van der Waals surface area contributed by atoms with Crippen molar-refractivity contribution in [2.24, 2.45) is 5.73 Å². The predicted molar refractivity (Wildman–Crippen MR) is 75.9 cm³/mol. The fourth-order valence-electron chi connectivity index (χ4n) is 2.45. The highest BCUT2D eigenvalue weighted by Gasteiger charge is 2.18. The minimum Gasteiger partial charge on any atom is -0.354 e. The molecule has 0 radical (unpaired) electrons. The number of aryl methyl sites for hydroxylation is 1. The summed E-state index contributed by atoms with van der Waals surface area (Å²) in [6, 6.07) is 2.22. The Morgan fingerprint density at radius 2 is 2.00 bits per heavy atom. The first-order chi connectivity index (χ1) is 8.61. The monoisotopic (exact) mass is 248 g/mol. The molecule has 4 heteroatoms. The Hall–Kier alpha value is -1.13. The maximum atomic E-state index is 5.89. The highest BCUT2D eigenvalue weighted by molar-refractivity contribution is 5.48. The molecule has 1 aliphatic rings. The molecule has 18 heavy (non-hydrogen) atoms. The van der Waals surface area contributed by atoms with Crippen molar-refractivity contribution < 1.29 is 0 Å². The van der Waals surface area contributed by atoms with E-state index in [1.54, 1.807) is 0 Å². The van der Waals surface area contributed by atoms with Crippen molar-refractivity contribution in [3.8, 4) is 0 Å². The lowest BCUT2D eigenvalue weighted by atomic mass is 10.1. The van der Waals surface area contributed by atoms with Crippen LogP contribution in [0.2, 0.25) is 0 Å². The lowest BCUT2D eigenvalue weighted by Gasteiger charge is -2.35. The molecule has 4 nitrogen and oxygen atoms in total. The topological polar surface area (TPSA) is 45.4 Å². The Labute approximate surface area is 110 Å². The van der Waals surface area contributed by atoms with Crippen LogP contribution in [-0.4, -0.2) is 42.6 Å². The van der Waals surface area contributed by atoms with Gasteiger partial charge in [-0.25, -0.2) is 4.98 Å². The molecule has 0 aromatic carbocycles. The molecular weight excluding hydrogens is 224 g/mol. The van der Waals surface area contributed by atoms with E-state index in [4.69, 9.17) is 5.73 Å². The van der Waals surface area contributed by atoms with Gasteiger partial charge in [-0.05, 0) is 37.6 Å². The number of hydrogen-bond donors (Lipinski definition) is 1. The van der Waals surface area contributed by atoms with Gasteiger partial charge in [0, 0.05) is 38.4 Å². The molecule has 1 aromatic heterocycles. The summed E-state index contributed by atoms with van der Waals surface area (Å²) in [7, 11) is 0. The lowest BCUT2D eigenvalue weighted by molar-refractivity contribution is 0.270. The molecule has 1 unspecified atom stereocenters. The number of hydrogen-bond acceptors (Lipinski definition) is 4. The van der Waals surface area contributed by atoms with Gasteiger partial charge in [0.2, 0.25) is 0 Å². The van der Waals surface area contributed by atoms with Crippen LogP contribution in [0.25, 0.3) is 0 Å². The highest BCUT2D eigenvalue weighted by atomic mass is 15.3. The molecule has 2 N–H and O–H groups in total. The summed E-state index contributed by atoms with van der Waals surface area (Å²) in [6.07, 6.45) is 1.92. The molecule has 1 aromatic rings. The predicted octanol–water partition coefficient (Wildman–Crippen LogP) is 1.55. The molecule has 1 aliphatic heterocycles. The second-order valence-corrected chi connectivity index (χ2v) is 5.12. The molecule has 1 atom stereocenters. The molecule has 0 bridgehead atoms. The second kappa shape index (κ2) is 5.67. The van der Waals surface area contributed by atoms with Crippen LogP contribution < -0.4 is 10.6 Å². The third-order valence-electron chi connectivity index (χ3n) is 3.72. The van der Waals surface area contributed by atoms with E-state index in [1.165, 1.54) is 5.56 Å². The maximum absolute atomic E-state index is 5.89. The van der Waals surface area contributed by atoms with E-state index in [-0.39, 0.29) is 6.04 Å². The van der Waals surface area contributed by atoms with E-state index in [0.29, 0.717) is 0 Å². The third kappa shape index (κ3) is 2.82. The SMILES string of the molecule is CCN1CCN(c2ncc(C(C)N)cc2C)CC1. The molecule has 0 saturated carbocycles. The summed E-state index contributed by atoms with van der Waals surface area (Å²) in [6.45, 7) is 11.9. The van der Waals surface area contributed by atoms with Crippen molar-refractivity contribution >= 4 is 5.82 Å². The minimum absolute atomic E-state index is 0.0576. The molecule has 2 rings (SSSR count). The fourth-order valence-corrected chi connectivity index (χ4v) is 2.45. The molecule has 0 amide bonds. The van der Waals surface area contributed by atoms with Gasteiger partial charge in [0.25, 0.3) is 0 Å². The summed E-state index contributed by atoms with van der Waals surface area (Å²) < 4.78 is 0.